The van der Waals surface area contributed by atoms with Crippen LogP contribution in [0.1, 0.15) is 17.3 Å². The quantitative estimate of drug-likeness (QED) is 0.368. The van der Waals surface area contributed by atoms with E-state index in [4.69, 9.17) is 11.5 Å². The molecule has 5 N–H and O–H groups in total. The minimum atomic E-state index is -0.636. The Bertz CT molecular complexity index is 1390. The highest BCUT2D eigenvalue weighted by Gasteiger charge is 2.19. The van der Waals surface area contributed by atoms with E-state index in [0.717, 1.165) is 50.3 Å². The topological polar surface area (TPSA) is 118 Å². The van der Waals surface area contributed by atoms with Crippen LogP contribution in [0.5, 0.6) is 0 Å². The number of rotatable bonds is 6. The number of piperazine rings is 1. The molecule has 1 aliphatic heterocycles. The van der Waals surface area contributed by atoms with Crippen molar-refractivity contribution in [2.75, 3.05) is 48.7 Å². The van der Waals surface area contributed by atoms with Gasteiger partial charge in [-0.3, -0.25) is 9.36 Å². The fraction of sp³-hybridized carbons (Fsp3) is 0.240. The SMILES string of the molecule is CCN1CCN(c2cccc(Nc3ncc(F)c(-n4cc(C(N)=O)c5cc(N)ccc54)n3)c2)CC1. The van der Waals surface area contributed by atoms with Gasteiger partial charge in [-0.1, -0.05) is 13.0 Å². The van der Waals surface area contributed by atoms with Gasteiger partial charge in [0.2, 0.25) is 5.95 Å². The number of carbonyl (C=O) groups excluding carboxylic acids is 1. The lowest BCUT2D eigenvalue weighted by Gasteiger charge is -2.35. The summed E-state index contributed by atoms with van der Waals surface area (Å²) >= 11 is 0. The number of nitrogens with two attached hydrogens (primary N) is 2. The van der Waals surface area contributed by atoms with Crippen molar-refractivity contribution in [2.24, 2.45) is 5.73 Å². The molecule has 0 bridgehead atoms. The second-order valence-corrected chi connectivity index (χ2v) is 8.52. The summed E-state index contributed by atoms with van der Waals surface area (Å²) < 4.78 is 16.3. The largest absolute Gasteiger partial charge is 0.399 e. The molecule has 2 aromatic carbocycles. The number of hydrogen-bond donors (Lipinski definition) is 3. The van der Waals surface area contributed by atoms with Crippen molar-refractivity contribution in [3.05, 3.63) is 66.2 Å². The van der Waals surface area contributed by atoms with Gasteiger partial charge < -0.3 is 26.6 Å². The molecule has 4 aromatic rings. The zero-order valence-electron chi connectivity index (χ0n) is 19.4. The van der Waals surface area contributed by atoms with Crippen LogP contribution in [0, 0.1) is 5.82 Å². The Morgan fingerprint density at radius 2 is 1.94 bits per heavy atom. The van der Waals surface area contributed by atoms with Crippen molar-refractivity contribution in [3.63, 3.8) is 0 Å². The van der Waals surface area contributed by atoms with Crippen LogP contribution in [0.15, 0.2) is 54.9 Å². The molecule has 180 valence electrons. The maximum atomic E-state index is 14.9. The molecule has 5 rings (SSSR count). The Hall–Kier alpha value is -4.18. The van der Waals surface area contributed by atoms with E-state index >= 15 is 0 Å². The van der Waals surface area contributed by atoms with Crippen LogP contribution in [0.25, 0.3) is 16.7 Å². The Morgan fingerprint density at radius 1 is 1.14 bits per heavy atom. The Morgan fingerprint density at radius 3 is 2.69 bits per heavy atom. The molecule has 0 spiro atoms. The standard InChI is InChI=1S/C25H27FN8O/c1-2-32-8-10-33(11-9-32)18-5-3-4-17(13-18)30-25-29-14-21(26)24(31-25)34-15-20(23(28)35)19-12-16(27)6-7-22(19)34/h3-7,12-15H,2,8-11,27H2,1H3,(H2,28,35)(H,29,30,31). The summed E-state index contributed by atoms with van der Waals surface area (Å²) in [6, 6.07) is 13.0. The lowest BCUT2D eigenvalue weighted by atomic mass is 10.1. The van der Waals surface area contributed by atoms with Gasteiger partial charge >= 0.3 is 0 Å². The van der Waals surface area contributed by atoms with E-state index < -0.39 is 11.7 Å². The average Bonchev–Trinajstić information content (AvgIpc) is 3.24. The highest BCUT2D eigenvalue weighted by atomic mass is 19.1. The summed E-state index contributed by atoms with van der Waals surface area (Å²) in [6.45, 7) is 7.22. The maximum absolute atomic E-state index is 14.9. The maximum Gasteiger partial charge on any atom is 0.250 e. The molecule has 0 saturated carbocycles. The van der Waals surface area contributed by atoms with Crippen LogP contribution < -0.4 is 21.7 Å². The van der Waals surface area contributed by atoms with Crippen LogP contribution in [0.4, 0.5) is 27.4 Å². The van der Waals surface area contributed by atoms with E-state index in [2.05, 4.69) is 38.1 Å². The molecule has 2 aromatic heterocycles. The lowest BCUT2D eigenvalue weighted by Crippen LogP contribution is -2.46. The molecule has 1 fully saturated rings. The summed E-state index contributed by atoms with van der Waals surface area (Å²) in [5.74, 6) is -1.05. The summed E-state index contributed by atoms with van der Waals surface area (Å²) in [5.41, 5.74) is 14.6. The van der Waals surface area contributed by atoms with Crippen molar-refractivity contribution in [3.8, 4) is 5.82 Å². The van der Waals surface area contributed by atoms with Gasteiger partial charge in [-0.05, 0) is 42.9 Å². The molecular weight excluding hydrogens is 447 g/mol. The molecular formula is C25H27FN8O. The Kier molecular flexibility index (Phi) is 5.96. The van der Waals surface area contributed by atoms with Crippen molar-refractivity contribution >= 4 is 39.8 Å². The second kappa shape index (κ2) is 9.22. The van der Waals surface area contributed by atoms with Gasteiger partial charge in [0.05, 0.1) is 17.3 Å². The molecule has 0 unspecified atom stereocenters. The smallest absolute Gasteiger partial charge is 0.250 e. The van der Waals surface area contributed by atoms with Crippen molar-refractivity contribution in [2.45, 2.75) is 6.92 Å². The number of likely N-dealkylation sites (N-methyl/N-ethyl adjacent to an activating group) is 1. The van der Waals surface area contributed by atoms with Crippen molar-refractivity contribution in [1.82, 2.24) is 19.4 Å². The number of benzene rings is 2. The van der Waals surface area contributed by atoms with Gasteiger partial charge in [0.25, 0.3) is 5.91 Å². The predicted molar refractivity (Wildman–Crippen MR) is 136 cm³/mol. The van der Waals surface area contributed by atoms with E-state index in [1.807, 2.05) is 18.2 Å². The molecule has 35 heavy (non-hydrogen) atoms. The molecule has 1 amide bonds. The molecule has 0 radical (unpaired) electrons. The summed E-state index contributed by atoms with van der Waals surface area (Å²) in [6.07, 6.45) is 2.57. The first-order valence-electron chi connectivity index (χ1n) is 11.5. The fourth-order valence-electron chi connectivity index (χ4n) is 4.44. The number of primary amides is 1. The number of anilines is 4. The van der Waals surface area contributed by atoms with E-state index in [1.165, 1.54) is 10.8 Å². The lowest BCUT2D eigenvalue weighted by molar-refractivity contribution is 0.100. The zero-order valence-corrected chi connectivity index (χ0v) is 19.4. The number of hydrogen-bond acceptors (Lipinski definition) is 7. The van der Waals surface area contributed by atoms with E-state index in [-0.39, 0.29) is 17.3 Å². The summed E-state index contributed by atoms with van der Waals surface area (Å²) in [5, 5.41) is 3.71. The van der Waals surface area contributed by atoms with Gasteiger partial charge in [0.15, 0.2) is 11.6 Å². The summed E-state index contributed by atoms with van der Waals surface area (Å²) in [7, 11) is 0. The summed E-state index contributed by atoms with van der Waals surface area (Å²) in [4.78, 5) is 25.3. The monoisotopic (exact) mass is 474 g/mol. The number of aromatic nitrogens is 3. The third-order valence-corrected chi connectivity index (χ3v) is 6.33. The van der Waals surface area contributed by atoms with Gasteiger partial charge in [0.1, 0.15) is 0 Å². The van der Waals surface area contributed by atoms with Crippen LogP contribution in [-0.4, -0.2) is 58.1 Å². The van der Waals surface area contributed by atoms with E-state index in [9.17, 15) is 9.18 Å². The number of nitrogen functional groups attached to an aromatic ring is 1. The minimum absolute atomic E-state index is 0.00314. The highest BCUT2D eigenvalue weighted by molar-refractivity contribution is 6.07. The molecule has 9 nitrogen and oxygen atoms in total. The number of amides is 1. The third kappa shape index (κ3) is 4.47. The highest BCUT2D eigenvalue weighted by Crippen LogP contribution is 2.28. The van der Waals surface area contributed by atoms with E-state index in [0.29, 0.717) is 16.6 Å². The predicted octanol–water partition coefficient (Wildman–Crippen LogP) is 3.13. The van der Waals surface area contributed by atoms with Crippen molar-refractivity contribution in [1.29, 1.82) is 0 Å². The van der Waals surface area contributed by atoms with Gasteiger partial charge in [-0.15, -0.1) is 0 Å². The Labute approximate surface area is 202 Å². The second-order valence-electron chi connectivity index (χ2n) is 8.52. The van der Waals surface area contributed by atoms with E-state index in [1.54, 1.807) is 18.2 Å². The first kappa shape index (κ1) is 22.6. The molecule has 10 heteroatoms. The van der Waals surface area contributed by atoms with Gasteiger partial charge in [-0.25, -0.2) is 9.37 Å². The fourth-order valence-corrected chi connectivity index (χ4v) is 4.44. The number of nitrogens with one attached hydrogen (secondary N) is 1. The average molecular weight is 475 g/mol. The van der Waals surface area contributed by atoms with Crippen LogP contribution >= 0.6 is 0 Å². The van der Waals surface area contributed by atoms with Gasteiger partial charge in [0, 0.05) is 54.8 Å². The normalized spacial score (nSPS) is 14.4. The minimum Gasteiger partial charge on any atom is -0.399 e. The number of carbonyl (C=O) groups is 1. The Balaban J connectivity index is 1.45. The van der Waals surface area contributed by atoms with Gasteiger partial charge in [-0.2, -0.15) is 4.98 Å². The number of halogens is 1. The molecule has 0 aliphatic carbocycles. The first-order chi connectivity index (χ1) is 16.9. The van der Waals surface area contributed by atoms with Crippen LogP contribution in [0.2, 0.25) is 0 Å². The van der Waals surface area contributed by atoms with Crippen LogP contribution in [0.3, 0.4) is 0 Å². The third-order valence-electron chi connectivity index (χ3n) is 6.33. The first-order valence-corrected chi connectivity index (χ1v) is 11.5. The molecule has 0 atom stereocenters. The van der Waals surface area contributed by atoms with Crippen molar-refractivity contribution < 1.29 is 9.18 Å². The van der Waals surface area contributed by atoms with Crippen LogP contribution in [-0.2, 0) is 0 Å². The molecule has 1 aliphatic rings. The molecule has 1 saturated heterocycles. The molecule has 3 heterocycles. The number of fused-ring (bicyclic) bond motifs is 1. The number of nitrogens with zero attached hydrogens (tertiary/aromatic N) is 5. The zero-order chi connectivity index (χ0) is 24.5.